The van der Waals surface area contributed by atoms with Crippen LogP contribution in [0.25, 0.3) is 0 Å². The van der Waals surface area contributed by atoms with E-state index in [1.807, 2.05) is 0 Å². The second-order valence-corrected chi connectivity index (χ2v) is 5.30. The van der Waals surface area contributed by atoms with E-state index < -0.39 is 28.9 Å². The monoisotopic (exact) mass is 289 g/mol. The topological polar surface area (TPSA) is 29.1 Å². The Balaban J connectivity index is 3.06. The molecule has 0 aliphatic heterocycles. The molecule has 1 aromatic carbocycles. The number of hydrogen-bond donors (Lipinski definition) is 1. The molecule has 0 unspecified atom stereocenters. The van der Waals surface area contributed by atoms with E-state index in [-0.39, 0.29) is 5.69 Å². The first-order valence-corrected chi connectivity index (χ1v) is 5.86. The first-order valence-electron chi connectivity index (χ1n) is 5.86. The summed E-state index contributed by atoms with van der Waals surface area (Å²) >= 11 is 0. The van der Waals surface area contributed by atoms with Gasteiger partial charge in [-0.25, -0.2) is 4.39 Å². The minimum absolute atomic E-state index is 0.0525. The van der Waals surface area contributed by atoms with Crippen LogP contribution in [0.1, 0.15) is 20.8 Å². The zero-order chi connectivity index (χ0) is 15.6. The molecule has 0 aliphatic rings. The number of benzene rings is 1. The molecular weight excluding hydrogens is 274 g/mol. The number of halogens is 4. The zero-order valence-corrected chi connectivity index (χ0v) is 11.3. The number of allylic oxidation sites excluding steroid dienone is 2. The Morgan fingerprint density at radius 3 is 2.00 bits per heavy atom. The molecule has 2 nitrogen and oxygen atoms in total. The number of nitrogens with one attached hydrogen (secondary N) is 1. The van der Waals surface area contributed by atoms with Crippen LogP contribution < -0.4 is 5.32 Å². The van der Waals surface area contributed by atoms with Crippen molar-refractivity contribution in [1.29, 1.82) is 0 Å². The number of alkyl halides is 3. The zero-order valence-electron chi connectivity index (χ0n) is 11.3. The van der Waals surface area contributed by atoms with Gasteiger partial charge in [0, 0.05) is 17.2 Å². The first-order chi connectivity index (χ1) is 9.00. The molecule has 1 N–H and O–H groups in total. The lowest BCUT2D eigenvalue weighted by molar-refractivity contribution is -0.122. The van der Waals surface area contributed by atoms with E-state index in [4.69, 9.17) is 0 Å². The van der Waals surface area contributed by atoms with Crippen LogP contribution in [0.15, 0.2) is 36.0 Å². The van der Waals surface area contributed by atoms with Crippen molar-refractivity contribution in [2.45, 2.75) is 26.9 Å². The lowest BCUT2D eigenvalue weighted by Crippen LogP contribution is -2.24. The van der Waals surface area contributed by atoms with Crippen molar-refractivity contribution in [3.05, 3.63) is 41.9 Å². The van der Waals surface area contributed by atoms with Crippen LogP contribution in [0.3, 0.4) is 0 Å². The van der Waals surface area contributed by atoms with Crippen molar-refractivity contribution in [1.82, 2.24) is 0 Å². The SMILES string of the molecule is CC(C)(C)C(=O)C=C(Nc1ccc(F)cc1)C(F)(F)F. The molecular formula is C14H15F4NO. The number of hydrogen-bond acceptors (Lipinski definition) is 2. The highest BCUT2D eigenvalue weighted by molar-refractivity contribution is 5.95. The quantitative estimate of drug-likeness (QED) is 0.664. The highest BCUT2D eigenvalue weighted by Gasteiger charge is 2.35. The predicted molar refractivity (Wildman–Crippen MR) is 68.6 cm³/mol. The summed E-state index contributed by atoms with van der Waals surface area (Å²) in [7, 11) is 0. The van der Waals surface area contributed by atoms with Crippen molar-refractivity contribution < 1.29 is 22.4 Å². The Bertz CT molecular complexity index is 509. The standard InChI is InChI=1S/C14H15F4NO/c1-13(2,3)12(20)8-11(14(16,17)18)19-10-6-4-9(15)5-7-10/h4-8,19H,1-3H3. The molecule has 0 radical (unpaired) electrons. The van der Waals surface area contributed by atoms with Crippen LogP contribution >= 0.6 is 0 Å². The number of carbonyl (C=O) groups is 1. The van der Waals surface area contributed by atoms with Crippen LogP contribution in [0.2, 0.25) is 0 Å². The van der Waals surface area contributed by atoms with Gasteiger partial charge >= 0.3 is 6.18 Å². The predicted octanol–water partition coefficient (Wildman–Crippen LogP) is 4.30. The Labute approximate surface area is 114 Å². The summed E-state index contributed by atoms with van der Waals surface area (Å²) in [4.78, 5) is 11.7. The van der Waals surface area contributed by atoms with Crippen LogP contribution in [0.4, 0.5) is 23.2 Å². The molecule has 0 saturated heterocycles. The van der Waals surface area contributed by atoms with E-state index in [1.54, 1.807) is 0 Å². The van der Waals surface area contributed by atoms with Gasteiger partial charge in [-0.15, -0.1) is 0 Å². The minimum atomic E-state index is -4.70. The molecule has 0 heterocycles. The molecule has 0 fully saturated rings. The van der Waals surface area contributed by atoms with Crippen molar-refractivity contribution >= 4 is 11.5 Å². The molecule has 20 heavy (non-hydrogen) atoms. The maximum absolute atomic E-state index is 12.9. The van der Waals surface area contributed by atoms with Gasteiger partial charge in [0.15, 0.2) is 5.78 Å². The fourth-order valence-electron chi connectivity index (χ4n) is 1.23. The van der Waals surface area contributed by atoms with Gasteiger partial charge in [0.2, 0.25) is 0 Å². The molecule has 6 heteroatoms. The van der Waals surface area contributed by atoms with Gasteiger partial charge in [-0.2, -0.15) is 13.2 Å². The first kappa shape index (κ1) is 16.2. The Morgan fingerprint density at radius 2 is 1.60 bits per heavy atom. The normalized spacial score (nSPS) is 13.2. The van der Waals surface area contributed by atoms with E-state index in [2.05, 4.69) is 5.32 Å². The summed E-state index contributed by atoms with van der Waals surface area (Å²) in [5.41, 5.74) is -2.04. The summed E-state index contributed by atoms with van der Waals surface area (Å²) in [5, 5.41) is 2.10. The Morgan fingerprint density at radius 1 is 1.10 bits per heavy atom. The fourth-order valence-corrected chi connectivity index (χ4v) is 1.23. The maximum atomic E-state index is 12.9. The van der Waals surface area contributed by atoms with Gasteiger partial charge in [-0.1, -0.05) is 20.8 Å². The minimum Gasteiger partial charge on any atom is -0.351 e. The summed E-state index contributed by atoms with van der Waals surface area (Å²) in [5.74, 6) is -1.21. The van der Waals surface area contributed by atoms with Crippen LogP contribution in [-0.2, 0) is 4.79 Å². The summed E-state index contributed by atoms with van der Waals surface area (Å²) < 4.78 is 51.3. The lowest BCUT2D eigenvalue weighted by atomic mass is 9.90. The van der Waals surface area contributed by atoms with Crippen LogP contribution in [0.5, 0.6) is 0 Å². The molecule has 0 atom stereocenters. The molecule has 1 aromatic rings. The number of carbonyl (C=O) groups excluding carboxylic acids is 1. The van der Waals surface area contributed by atoms with E-state index >= 15 is 0 Å². The molecule has 0 amide bonds. The molecule has 0 aromatic heterocycles. The van der Waals surface area contributed by atoms with Gasteiger partial charge in [0.05, 0.1) is 0 Å². The average molecular weight is 289 g/mol. The van der Waals surface area contributed by atoms with E-state index in [0.29, 0.717) is 6.08 Å². The third-order valence-corrected chi connectivity index (χ3v) is 2.44. The Kier molecular flexibility index (Phi) is 4.57. The average Bonchev–Trinajstić information content (AvgIpc) is 2.28. The highest BCUT2D eigenvalue weighted by atomic mass is 19.4. The lowest BCUT2D eigenvalue weighted by Gasteiger charge is -2.18. The molecule has 0 bridgehead atoms. The molecule has 0 aliphatic carbocycles. The van der Waals surface area contributed by atoms with E-state index in [9.17, 15) is 22.4 Å². The van der Waals surface area contributed by atoms with Gasteiger partial charge in [-0.05, 0) is 24.3 Å². The van der Waals surface area contributed by atoms with Crippen molar-refractivity contribution in [3.8, 4) is 0 Å². The summed E-state index contributed by atoms with van der Waals surface area (Å²) in [6.45, 7) is 4.58. The Hall–Kier alpha value is -1.85. The van der Waals surface area contributed by atoms with Gasteiger partial charge < -0.3 is 5.32 Å². The number of rotatable bonds is 3. The van der Waals surface area contributed by atoms with Crippen molar-refractivity contribution in [2.75, 3.05) is 5.32 Å². The number of anilines is 1. The summed E-state index contributed by atoms with van der Waals surface area (Å²) in [6.07, 6.45) is -4.17. The van der Waals surface area contributed by atoms with Gasteiger partial charge in [0.1, 0.15) is 11.5 Å². The third-order valence-electron chi connectivity index (χ3n) is 2.44. The van der Waals surface area contributed by atoms with Crippen LogP contribution in [-0.4, -0.2) is 12.0 Å². The third kappa shape index (κ3) is 4.68. The number of ketones is 1. The van der Waals surface area contributed by atoms with Gasteiger partial charge in [0.25, 0.3) is 0 Å². The fraction of sp³-hybridized carbons (Fsp3) is 0.357. The van der Waals surface area contributed by atoms with Crippen LogP contribution in [0, 0.1) is 11.2 Å². The second kappa shape index (κ2) is 5.64. The molecule has 0 saturated carbocycles. The van der Waals surface area contributed by atoms with Gasteiger partial charge in [-0.3, -0.25) is 4.79 Å². The smallest absolute Gasteiger partial charge is 0.351 e. The largest absolute Gasteiger partial charge is 0.431 e. The molecule has 0 spiro atoms. The molecule has 1 rings (SSSR count). The maximum Gasteiger partial charge on any atom is 0.431 e. The van der Waals surface area contributed by atoms with E-state index in [0.717, 1.165) is 24.3 Å². The van der Waals surface area contributed by atoms with Crippen molar-refractivity contribution in [2.24, 2.45) is 5.41 Å². The highest BCUT2D eigenvalue weighted by Crippen LogP contribution is 2.28. The summed E-state index contributed by atoms with van der Waals surface area (Å²) in [6, 6.07) is 4.39. The van der Waals surface area contributed by atoms with Crippen molar-refractivity contribution in [3.63, 3.8) is 0 Å². The second-order valence-electron chi connectivity index (χ2n) is 5.30. The molecule has 110 valence electrons. The van der Waals surface area contributed by atoms with E-state index in [1.165, 1.54) is 20.8 Å².